The summed E-state index contributed by atoms with van der Waals surface area (Å²) in [4.78, 5) is 31.0. The SMILES string of the molecule is O=C(O)CCCCCCNC(=O)c1cnc(N[C@@H]2COc3ccccc32)nc1. The van der Waals surface area contributed by atoms with Crippen LogP contribution < -0.4 is 15.4 Å². The molecule has 1 aliphatic heterocycles. The molecule has 2 aromatic rings. The van der Waals surface area contributed by atoms with E-state index in [9.17, 15) is 9.59 Å². The third kappa shape index (κ3) is 5.42. The Morgan fingerprint density at radius 1 is 1.11 bits per heavy atom. The van der Waals surface area contributed by atoms with Crippen LogP contribution in [0.1, 0.15) is 54.1 Å². The summed E-state index contributed by atoms with van der Waals surface area (Å²) in [6, 6.07) is 7.81. The van der Waals surface area contributed by atoms with E-state index in [0.717, 1.165) is 30.6 Å². The van der Waals surface area contributed by atoms with E-state index in [0.29, 0.717) is 31.1 Å². The summed E-state index contributed by atoms with van der Waals surface area (Å²) in [5.41, 5.74) is 1.47. The predicted octanol–water partition coefficient (Wildman–Crippen LogP) is 2.79. The van der Waals surface area contributed by atoms with Gasteiger partial charge in [0.05, 0.1) is 11.6 Å². The number of hydrogen-bond donors (Lipinski definition) is 3. The predicted molar refractivity (Wildman–Crippen MR) is 103 cm³/mol. The van der Waals surface area contributed by atoms with Crippen LogP contribution in [0.4, 0.5) is 5.95 Å². The maximum absolute atomic E-state index is 12.1. The Bertz CT molecular complexity index is 810. The molecule has 148 valence electrons. The Morgan fingerprint density at radius 3 is 2.64 bits per heavy atom. The molecule has 3 N–H and O–H groups in total. The summed E-state index contributed by atoms with van der Waals surface area (Å²) < 4.78 is 5.63. The fourth-order valence-corrected chi connectivity index (χ4v) is 3.02. The number of rotatable bonds is 10. The summed E-state index contributed by atoms with van der Waals surface area (Å²) in [5, 5.41) is 14.6. The van der Waals surface area contributed by atoms with Crippen molar-refractivity contribution in [3.63, 3.8) is 0 Å². The summed E-state index contributed by atoms with van der Waals surface area (Å²) in [7, 11) is 0. The number of anilines is 1. The minimum atomic E-state index is -0.768. The lowest BCUT2D eigenvalue weighted by atomic mass is 10.1. The van der Waals surface area contributed by atoms with Crippen molar-refractivity contribution in [1.29, 1.82) is 0 Å². The number of hydrogen-bond acceptors (Lipinski definition) is 6. The van der Waals surface area contributed by atoms with Crippen LogP contribution in [-0.2, 0) is 4.79 Å². The van der Waals surface area contributed by atoms with Crippen LogP contribution in [0.25, 0.3) is 0 Å². The van der Waals surface area contributed by atoms with Crippen LogP contribution in [0, 0.1) is 0 Å². The van der Waals surface area contributed by atoms with Gasteiger partial charge in [-0.15, -0.1) is 0 Å². The second kappa shape index (κ2) is 9.68. The molecule has 0 radical (unpaired) electrons. The number of carboxylic acid groups (broad SMARTS) is 1. The molecule has 0 aliphatic carbocycles. The minimum Gasteiger partial charge on any atom is -0.491 e. The Labute approximate surface area is 163 Å². The second-order valence-corrected chi connectivity index (χ2v) is 6.65. The highest BCUT2D eigenvalue weighted by Crippen LogP contribution is 2.33. The van der Waals surface area contributed by atoms with Crippen LogP contribution in [-0.4, -0.2) is 40.1 Å². The summed E-state index contributed by atoms with van der Waals surface area (Å²) >= 11 is 0. The van der Waals surface area contributed by atoms with Crippen molar-refractivity contribution in [2.24, 2.45) is 0 Å². The molecule has 0 saturated carbocycles. The number of amides is 1. The average Bonchev–Trinajstić information content (AvgIpc) is 3.10. The van der Waals surface area contributed by atoms with Crippen molar-refractivity contribution in [1.82, 2.24) is 15.3 Å². The molecule has 2 heterocycles. The van der Waals surface area contributed by atoms with E-state index in [2.05, 4.69) is 20.6 Å². The number of nitrogens with one attached hydrogen (secondary N) is 2. The largest absolute Gasteiger partial charge is 0.491 e. The van der Waals surface area contributed by atoms with E-state index in [1.807, 2.05) is 24.3 Å². The first-order valence-electron chi connectivity index (χ1n) is 9.44. The molecule has 0 unspecified atom stereocenters. The van der Waals surface area contributed by atoms with E-state index in [4.69, 9.17) is 9.84 Å². The first kappa shape index (κ1) is 19.6. The van der Waals surface area contributed by atoms with E-state index >= 15 is 0 Å². The standard InChI is InChI=1S/C20H24N4O4/c25-18(26)9-3-1-2-6-10-21-19(27)14-11-22-20(23-12-14)24-16-13-28-17-8-5-4-7-15(16)17/h4-5,7-8,11-12,16H,1-3,6,9-10,13H2,(H,21,27)(H,25,26)(H,22,23,24)/t16-/m1/s1. The van der Waals surface area contributed by atoms with Crippen LogP contribution in [0.15, 0.2) is 36.7 Å². The second-order valence-electron chi connectivity index (χ2n) is 6.65. The molecular weight excluding hydrogens is 360 g/mol. The number of aliphatic carboxylic acids is 1. The van der Waals surface area contributed by atoms with Gasteiger partial charge in [-0.1, -0.05) is 31.0 Å². The number of carbonyl (C=O) groups is 2. The quantitative estimate of drug-likeness (QED) is 0.540. The Balaban J connectivity index is 1.40. The third-order valence-corrected chi connectivity index (χ3v) is 4.52. The Hall–Kier alpha value is -3.16. The zero-order chi connectivity index (χ0) is 19.8. The summed E-state index contributed by atoms with van der Waals surface area (Å²) in [6.07, 6.45) is 6.41. The number of nitrogens with zero attached hydrogens (tertiary/aromatic N) is 2. The highest BCUT2D eigenvalue weighted by Gasteiger charge is 2.24. The molecule has 1 amide bonds. The smallest absolute Gasteiger partial charge is 0.303 e. The van der Waals surface area contributed by atoms with Gasteiger partial charge >= 0.3 is 5.97 Å². The van der Waals surface area contributed by atoms with Crippen molar-refractivity contribution in [3.8, 4) is 5.75 Å². The van der Waals surface area contributed by atoms with E-state index in [1.54, 1.807) is 0 Å². The highest BCUT2D eigenvalue weighted by atomic mass is 16.5. The number of carboxylic acids is 1. The average molecular weight is 384 g/mol. The molecule has 8 heteroatoms. The number of para-hydroxylation sites is 1. The number of aromatic nitrogens is 2. The first-order chi connectivity index (χ1) is 13.6. The van der Waals surface area contributed by atoms with E-state index < -0.39 is 5.97 Å². The monoisotopic (exact) mass is 384 g/mol. The molecule has 1 aromatic carbocycles. The molecule has 28 heavy (non-hydrogen) atoms. The normalized spacial score (nSPS) is 14.8. The van der Waals surface area contributed by atoms with Crippen LogP contribution in [0.3, 0.4) is 0 Å². The minimum absolute atomic E-state index is 0.0167. The molecule has 1 atom stereocenters. The van der Waals surface area contributed by atoms with Gasteiger partial charge in [0.1, 0.15) is 12.4 Å². The van der Waals surface area contributed by atoms with Gasteiger partial charge in [0.15, 0.2) is 0 Å². The van der Waals surface area contributed by atoms with Crippen molar-refractivity contribution in [2.75, 3.05) is 18.5 Å². The van der Waals surface area contributed by atoms with Crippen LogP contribution >= 0.6 is 0 Å². The van der Waals surface area contributed by atoms with Crippen molar-refractivity contribution < 1.29 is 19.4 Å². The highest BCUT2D eigenvalue weighted by molar-refractivity contribution is 5.93. The van der Waals surface area contributed by atoms with Gasteiger partial charge in [-0.05, 0) is 18.9 Å². The fraction of sp³-hybridized carbons (Fsp3) is 0.400. The van der Waals surface area contributed by atoms with Crippen LogP contribution in [0.5, 0.6) is 5.75 Å². The number of unbranched alkanes of at least 4 members (excludes halogenated alkanes) is 3. The summed E-state index contributed by atoms with van der Waals surface area (Å²) in [6.45, 7) is 1.06. The molecule has 0 spiro atoms. The van der Waals surface area contributed by atoms with Gasteiger partial charge in [0, 0.05) is 30.9 Å². The lowest BCUT2D eigenvalue weighted by molar-refractivity contribution is -0.137. The van der Waals surface area contributed by atoms with Gasteiger partial charge in [-0.3, -0.25) is 9.59 Å². The molecule has 1 aromatic heterocycles. The molecule has 3 rings (SSSR count). The summed E-state index contributed by atoms with van der Waals surface area (Å²) in [5.74, 6) is 0.321. The molecular formula is C20H24N4O4. The number of carbonyl (C=O) groups excluding carboxylic acids is 1. The van der Waals surface area contributed by atoms with Gasteiger partial charge < -0.3 is 20.5 Å². The molecule has 0 fully saturated rings. The molecule has 0 saturated heterocycles. The Kier molecular flexibility index (Phi) is 6.78. The number of benzene rings is 1. The zero-order valence-corrected chi connectivity index (χ0v) is 15.6. The third-order valence-electron chi connectivity index (χ3n) is 4.52. The maximum atomic E-state index is 12.1. The van der Waals surface area contributed by atoms with Gasteiger partial charge in [-0.25, -0.2) is 9.97 Å². The molecule has 0 bridgehead atoms. The maximum Gasteiger partial charge on any atom is 0.303 e. The van der Waals surface area contributed by atoms with Gasteiger partial charge in [-0.2, -0.15) is 0 Å². The topological polar surface area (TPSA) is 113 Å². The van der Waals surface area contributed by atoms with Crippen LogP contribution in [0.2, 0.25) is 0 Å². The lowest BCUT2D eigenvalue weighted by Gasteiger charge is -2.11. The van der Waals surface area contributed by atoms with Gasteiger partial charge in [0.25, 0.3) is 5.91 Å². The fourth-order valence-electron chi connectivity index (χ4n) is 3.02. The molecule has 1 aliphatic rings. The first-order valence-corrected chi connectivity index (χ1v) is 9.44. The van der Waals surface area contributed by atoms with Crippen molar-refractivity contribution in [2.45, 2.75) is 38.1 Å². The van der Waals surface area contributed by atoms with Crippen molar-refractivity contribution in [3.05, 3.63) is 47.8 Å². The lowest BCUT2D eigenvalue weighted by Crippen LogP contribution is -2.25. The van der Waals surface area contributed by atoms with Gasteiger partial charge in [0.2, 0.25) is 5.95 Å². The Morgan fingerprint density at radius 2 is 1.86 bits per heavy atom. The zero-order valence-electron chi connectivity index (χ0n) is 15.6. The van der Waals surface area contributed by atoms with Crippen molar-refractivity contribution >= 4 is 17.8 Å². The number of ether oxygens (including phenoxy) is 1. The van der Waals surface area contributed by atoms with E-state index in [-0.39, 0.29) is 18.4 Å². The van der Waals surface area contributed by atoms with E-state index in [1.165, 1.54) is 12.4 Å². The number of fused-ring (bicyclic) bond motifs is 1. The molecule has 8 nitrogen and oxygen atoms in total.